The lowest BCUT2D eigenvalue weighted by atomic mass is 9.96. The number of allylic oxidation sites excluding steroid dienone is 5. The van der Waals surface area contributed by atoms with Crippen LogP contribution in [0.3, 0.4) is 0 Å². The third-order valence-corrected chi connectivity index (χ3v) is 2.94. The quantitative estimate of drug-likeness (QED) is 0.544. The molecule has 13 heavy (non-hydrogen) atoms. The summed E-state index contributed by atoms with van der Waals surface area (Å²) in [5.74, 6) is 0. The van der Waals surface area contributed by atoms with Crippen molar-refractivity contribution < 1.29 is 0 Å². The largest absolute Gasteiger partial charge is 0.344 e. The molecule has 0 aromatic heterocycles. The first kappa shape index (κ1) is 8.36. The molecule has 0 aromatic carbocycles. The van der Waals surface area contributed by atoms with Crippen molar-refractivity contribution in [1.82, 2.24) is 4.90 Å². The lowest BCUT2D eigenvalue weighted by Gasteiger charge is -2.31. The highest BCUT2D eigenvalue weighted by Gasteiger charge is 2.17. The van der Waals surface area contributed by atoms with Crippen LogP contribution in [0.4, 0.5) is 0 Å². The van der Waals surface area contributed by atoms with E-state index < -0.39 is 0 Å². The summed E-state index contributed by atoms with van der Waals surface area (Å²) in [6, 6.07) is 0. The molecule has 0 saturated heterocycles. The Kier molecular flexibility index (Phi) is 1.87. The van der Waals surface area contributed by atoms with E-state index in [1.807, 2.05) is 0 Å². The van der Waals surface area contributed by atoms with Crippen molar-refractivity contribution >= 4 is 0 Å². The van der Waals surface area contributed by atoms with Gasteiger partial charge < -0.3 is 4.90 Å². The topological polar surface area (TPSA) is 3.24 Å². The molecule has 0 unspecified atom stereocenters. The summed E-state index contributed by atoms with van der Waals surface area (Å²) in [7, 11) is 0. The number of nitrogens with zero attached hydrogens (tertiary/aromatic N) is 1. The Morgan fingerprint density at radius 2 is 1.85 bits per heavy atom. The van der Waals surface area contributed by atoms with Crippen molar-refractivity contribution in [3.8, 4) is 0 Å². The fourth-order valence-corrected chi connectivity index (χ4v) is 1.84. The molecule has 1 heteroatoms. The lowest BCUT2D eigenvalue weighted by molar-refractivity contribution is 0.498. The van der Waals surface area contributed by atoms with Crippen LogP contribution in [0.15, 0.2) is 46.8 Å². The molecule has 0 spiro atoms. The number of rotatable bonds is 0. The highest BCUT2D eigenvalue weighted by molar-refractivity contribution is 5.46. The first-order chi connectivity index (χ1) is 6.20. The number of fused-ring (bicyclic) bond motifs is 1. The number of hydrogen-bond acceptors (Lipinski definition) is 1. The van der Waals surface area contributed by atoms with Gasteiger partial charge in [-0.05, 0) is 44.1 Å². The monoisotopic (exact) mass is 173 g/mol. The second kappa shape index (κ2) is 2.91. The van der Waals surface area contributed by atoms with Gasteiger partial charge in [-0.25, -0.2) is 0 Å². The second-order valence-corrected chi connectivity index (χ2v) is 3.74. The maximum Gasteiger partial charge on any atom is 0.0441 e. The van der Waals surface area contributed by atoms with Crippen molar-refractivity contribution in [2.45, 2.75) is 20.8 Å². The third kappa shape index (κ3) is 1.24. The van der Waals surface area contributed by atoms with Crippen LogP contribution in [0, 0.1) is 0 Å². The molecule has 2 rings (SSSR count). The summed E-state index contributed by atoms with van der Waals surface area (Å²) in [6.45, 7) is 7.66. The Hall–Kier alpha value is -1.24. The van der Waals surface area contributed by atoms with E-state index in [0.29, 0.717) is 0 Å². The fraction of sp³-hybridized carbons (Fsp3) is 0.333. The molecule has 2 aliphatic heterocycles. The van der Waals surface area contributed by atoms with E-state index in [-0.39, 0.29) is 0 Å². The Labute approximate surface area is 79.7 Å². The van der Waals surface area contributed by atoms with Crippen LogP contribution in [-0.2, 0) is 0 Å². The molecular weight excluding hydrogens is 158 g/mol. The minimum absolute atomic E-state index is 1.04. The van der Waals surface area contributed by atoms with E-state index in [1.165, 1.54) is 22.4 Å². The third-order valence-electron chi connectivity index (χ3n) is 2.94. The summed E-state index contributed by atoms with van der Waals surface area (Å²) in [6.07, 6.45) is 8.52. The van der Waals surface area contributed by atoms with Gasteiger partial charge in [-0.15, -0.1) is 0 Å². The van der Waals surface area contributed by atoms with E-state index in [4.69, 9.17) is 0 Å². The molecule has 0 saturated carbocycles. The van der Waals surface area contributed by atoms with Gasteiger partial charge in [0.1, 0.15) is 0 Å². The molecule has 2 heterocycles. The van der Waals surface area contributed by atoms with E-state index in [0.717, 1.165) is 6.54 Å². The minimum Gasteiger partial charge on any atom is -0.344 e. The zero-order valence-electron chi connectivity index (χ0n) is 8.46. The van der Waals surface area contributed by atoms with E-state index in [1.54, 1.807) is 0 Å². The smallest absolute Gasteiger partial charge is 0.0441 e. The van der Waals surface area contributed by atoms with Gasteiger partial charge >= 0.3 is 0 Å². The lowest BCUT2D eigenvalue weighted by Crippen LogP contribution is -2.24. The maximum absolute atomic E-state index is 2.30. The first-order valence-electron chi connectivity index (χ1n) is 4.69. The summed E-state index contributed by atoms with van der Waals surface area (Å²) in [4.78, 5) is 2.30. The zero-order chi connectivity index (χ0) is 9.42. The highest BCUT2D eigenvalue weighted by atomic mass is 15.1. The minimum atomic E-state index is 1.04. The normalized spacial score (nSPS) is 21.3. The van der Waals surface area contributed by atoms with Crippen LogP contribution >= 0.6 is 0 Å². The molecule has 0 bridgehead atoms. The van der Waals surface area contributed by atoms with Crippen LogP contribution in [0.2, 0.25) is 0 Å². The van der Waals surface area contributed by atoms with Gasteiger partial charge in [0.25, 0.3) is 0 Å². The molecule has 0 atom stereocenters. The molecule has 1 nitrogen and oxygen atoms in total. The van der Waals surface area contributed by atoms with Crippen LogP contribution in [0.25, 0.3) is 0 Å². The fourth-order valence-electron chi connectivity index (χ4n) is 1.84. The highest BCUT2D eigenvalue weighted by Crippen LogP contribution is 2.29. The molecule has 0 amide bonds. The Balaban J connectivity index is 2.50. The van der Waals surface area contributed by atoms with Crippen LogP contribution in [0.5, 0.6) is 0 Å². The second-order valence-electron chi connectivity index (χ2n) is 3.74. The standard InChI is InChI=1S/C12H15N/c1-9-8-13-7-5-4-6-12(13)11(3)10(9)2/h4-7H,8H2,1-3H3. The molecule has 68 valence electrons. The Bertz CT molecular complexity index is 353. The predicted octanol–water partition coefficient (Wildman–Crippen LogP) is 3.00. The van der Waals surface area contributed by atoms with Gasteiger partial charge in [-0.1, -0.05) is 11.6 Å². The van der Waals surface area contributed by atoms with Crippen molar-refractivity contribution in [3.63, 3.8) is 0 Å². The van der Waals surface area contributed by atoms with Crippen molar-refractivity contribution in [3.05, 3.63) is 46.8 Å². The molecule has 0 radical (unpaired) electrons. The molecule has 0 N–H and O–H groups in total. The molecule has 0 fully saturated rings. The van der Waals surface area contributed by atoms with Gasteiger partial charge in [0.2, 0.25) is 0 Å². The average molecular weight is 173 g/mol. The Morgan fingerprint density at radius 1 is 1.08 bits per heavy atom. The molecule has 0 aromatic rings. The SMILES string of the molecule is CC1=C(C)C(C)=C2C=CC=CN2C1. The molecule has 0 aliphatic carbocycles. The predicted molar refractivity (Wildman–Crippen MR) is 56.1 cm³/mol. The first-order valence-corrected chi connectivity index (χ1v) is 4.69. The Morgan fingerprint density at radius 3 is 2.62 bits per heavy atom. The number of hydrogen-bond donors (Lipinski definition) is 0. The molecular formula is C12H15N. The van der Waals surface area contributed by atoms with Gasteiger partial charge in [0.05, 0.1) is 0 Å². The van der Waals surface area contributed by atoms with Crippen LogP contribution < -0.4 is 0 Å². The summed E-state index contributed by atoms with van der Waals surface area (Å²) >= 11 is 0. The molecule has 2 aliphatic rings. The van der Waals surface area contributed by atoms with Gasteiger partial charge in [-0.3, -0.25) is 0 Å². The summed E-state index contributed by atoms with van der Waals surface area (Å²) in [5, 5.41) is 0. The summed E-state index contributed by atoms with van der Waals surface area (Å²) in [5.41, 5.74) is 5.68. The van der Waals surface area contributed by atoms with E-state index in [2.05, 4.69) is 50.1 Å². The van der Waals surface area contributed by atoms with Gasteiger partial charge in [0, 0.05) is 18.4 Å². The van der Waals surface area contributed by atoms with Crippen LogP contribution in [0.1, 0.15) is 20.8 Å². The van der Waals surface area contributed by atoms with Crippen LogP contribution in [-0.4, -0.2) is 11.4 Å². The van der Waals surface area contributed by atoms with Crippen molar-refractivity contribution in [1.29, 1.82) is 0 Å². The zero-order valence-corrected chi connectivity index (χ0v) is 8.46. The van der Waals surface area contributed by atoms with E-state index >= 15 is 0 Å². The van der Waals surface area contributed by atoms with E-state index in [9.17, 15) is 0 Å². The summed E-state index contributed by atoms with van der Waals surface area (Å²) < 4.78 is 0. The van der Waals surface area contributed by atoms with Gasteiger partial charge in [-0.2, -0.15) is 0 Å². The average Bonchev–Trinajstić information content (AvgIpc) is 2.15. The van der Waals surface area contributed by atoms with Crippen molar-refractivity contribution in [2.24, 2.45) is 0 Å². The van der Waals surface area contributed by atoms with Crippen molar-refractivity contribution in [2.75, 3.05) is 6.54 Å². The van der Waals surface area contributed by atoms with Gasteiger partial charge in [0.15, 0.2) is 0 Å². The maximum atomic E-state index is 2.30.